The molecule has 0 aliphatic carbocycles. The Hall–Kier alpha value is -1.92. The second-order valence-electron chi connectivity index (χ2n) is 5.77. The summed E-state index contributed by atoms with van der Waals surface area (Å²) in [5.41, 5.74) is 5.68. The van der Waals surface area contributed by atoms with E-state index in [0.717, 1.165) is 10.5 Å². The number of nitrogens with zero attached hydrogens (tertiary/aromatic N) is 1. The van der Waals surface area contributed by atoms with Gasteiger partial charge in [0.05, 0.1) is 26.3 Å². The van der Waals surface area contributed by atoms with Crippen molar-refractivity contribution in [1.82, 2.24) is 4.90 Å². The van der Waals surface area contributed by atoms with Crippen LogP contribution in [0, 0.1) is 0 Å². The van der Waals surface area contributed by atoms with Crippen molar-refractivity contribution < 1.29 is 19.1 Å². The monoisotopic (exact) mass is 308 g/mol. The van der Waals surface area contributed by atoms with Crippen molar-refractivity contribution in [3.05, 3.63) is 35.9 Å². The first-order valence-electron chi connectivity index (χ1n) is 7.18. The predicted octanol–water partition coefficient (Wildman–Crippen LogP) is 1.93. The smallest absolute Gasteiger partial charge is 0.417 e. The molecule has 0 aliphatic rings. The van der Waals surface area contributed by atoms with Crippen LogP contribution in [-0.4, -0.2) is 42.2 Å². The summed E-state index contributed by atoms with van der Waals surface area (Å²) in [6, 6.07) is 9.65. The van der Waals surface area contributed by atoms with Crippen molar-refractivity contribution in [2.75, 3.05) is 19.7 Å². The molecule has 0 radical (unpaired) electrons. The number of hydrogen-bond acceptors (Lipinski definition) is 5. The van der Waals surface area contributed by atoms with Crippen LogP contribution >= 0.6 is 0 Å². The molecule has 0 heterocycles. The van der Waals surface area contributed by atoms with E-state index in [9.17, 15) is 9.59 Å². The molecule has 2 N–H and O–H groups in total. The Morgan fingerprint density at radius 2 is 1.82 bits per heavy atom. The van der Waals surface area contributed by atoms with Gasteiger partial charge in [-0.2, -0.15) is 0 Å². The highest BCUT2D eigenvalue weighted by atomic mass is 16.6. The lowest BCUT2D eigenvalue weighted by atomic mass is 10.2. The number of carbonyl (C=O) groups is 2. The van der Waals surface area contributed by atoms with Crippen molar-refractivity contribution in [2.45, 2.75) is 33.0 Å². The van der Waals surface area contributed by atoms with Crippen LogP contribution in [0.2, 0.25) is 0 Å². The molecule has 1 aromatic rings. The largest absolute Gasteiger partial charge is 0.443 e. The fourth-order valence-electron chi connectivity index (χ4n) is 1.67. The lowest BCUT2D eigenvalue weighted by Crippen LogP contribution is -2.45. The normalized spacial score (nSPS) is 11.1. The lowest BCUT2D eigenvalue weighted by molar-refractivity contribution is -0.129. The van der Waals surface area contributed by atoms with Gasteiger partial charge in [0.25, 0.3) is 0 Å². The first-order valence-corrected chi connectivity index (χ1v) is 7.18. The molecule has 0 fully saturated rings. The van der Waals surface area contributed by atoms with Crippen LogP contribution in [0.4, 0.5) is 4.79 Å². The molecule has 0 saturated carbocycles. The topological polar surface area (TPSA) is 81.9 Å². The molecule has 1 aromatic carbocycles. The van der Waals surface area contributed by atoms with Crippen LogP contribution in [-0.2, 0) is 20.9 Å². The number of imide groups is 1. The van der Waals surface area contributed by atoms with Crippen LogP contribution in [0.25, 0.3) is 0 Å². The Balaban J connectivity index is 2.48. The fourth-order valence-corrected chi connectivity index (χ4v) is 1.67. The number of ether oxygens (including phenoxy) is 2. The average Bonchev–Trinajstić information content (AvgIpc) is 2.45. The molecule has 122 valence electrons. The van der Waals surface area contributed by atoms with Crippen molar-refractivity contribution in [2.24, 2.45) is 5.73 Å². The molecule has 1 rings (SSSR count). The molecular formula is C16H24N2O4. The molecule has 2 amide bonds. The van der Waals surface area contributed by atoms with E-state index in [-0.39, 0.29) is 19.7 Å². The maximum absolute atomic E-state index is 12.0. The average molecular weight is 308 g/mol. The van der Waals surface area contributed by atoms with E-state index in [1.807, 2.05) is 30.3 Å². The summed E-state index contributed by atoms with van der Waals surface area (Å²) >= 11 is 0. The molecule has 22 heavy (non-hydrogen) atoms. The molecule has 6 nitrogen and oxygen atoms in total. The van der Waals surface area contributed by atoms with Crippen molar-refractivity contribution in [1.29, 1.82) is 0 Å². The molecule has 0 unspecified atom stereocenters. The first-order chi connectivity index (χ1) is 10.3. The van der Waals surface area contributed by atoms with E-state index in [0.29, 0.717) is 6.61 Å². The first kappa shape index (κ1) is 18.1. The highest BCUT2D eigenvalue weighted by molar-refractivity contribution is 5.93. The van der Waals surface area contributed by atoms with Gasteiger partial charge in [-0.1, -0.05) is 30.3 Å². The molecular weight excluding hydrogens is 284 g/mol. The number of rotatable bonds is 6. The summed E-state index contributed by atoms with van der Waals surface area (Å²) in [6.45, 7) is 5.71. The van der Waals surface area contributed by atoms with Gasteiger partial charge in [-0.25, -0.2) is 9.69 Å². The zero-order chi connectivity index (χ0) is 16.6. The van der Waals surface area contributed by atoms with Gasteiger partial charge in [0.15, 0.2) is 0 Å². The van der Waals surface area contributed by atoms with Gasteiger partial charge in [0, 0.05) is 0 Å². The van der Waals surface area contributed by atoms with E-state index in [2.05, 4.69) is 0 Å². The lowest BCUT2D eigenvalue weighted by Gasteiger charge is -2.25. The molecule has 0 aliphatic heterocycles. The Morgan fingerprint density at radius 3 is 2.36 bits per heavy atom. The van der Waals surface area contributed by atoms with E-state index >= 15 is 0 Å². The summed E-state index contributed by atoms with van der Waals surface area (Å²) in [4.78, 5) is 24.7. The predicted molar refractivity (Wildman–Crippen MR) is 83.1 cm³/mol. The summed E-state index contributed by atoms with van der Waals surface area (Å²) in [5, 5.41) is 0. The number of benzene rings is 1. The van der Waals surface area contributed by atoms with Crippen LogP contribution in [0.1, 0.15) is 26.3 Å². The Bertz CT molecular complexity index is 483. The summed E-state index contributed by atoms with van der Waals surface area (Å²) in [6.07, 6.45) is -0.703. The Morgan fingerprint density at radius 1 is 1.18 bits per heavy atom. The van der Waals surface area contributed by atoms with Gasteiger partial charge in [0.2, 0.25) is 5.91 Å². The van der Waals surface area contributed by atoms with Crippen molar-refractivity contribution in [3.8, 4) is 0 Å². The summed E-state index contributed by atoms with van der Waals surface area (Å²) in [7, 11) is 0. The highest BCUT2D eigenvalue weighted by Gasteiger charge is 2.26. The minimum absolute atomic E-state index is 0.109. The van der Waals surface area contributed by atoms with Crippen LogP contribution in [0.5, 0.6) is 0 Å². The van der Waals surface area contributed by atoms with Crippen LogP contribution in [0.3, 0.4) is 0 Å². The summed E-state index contributed by atoms with van der Waals surface area (Å²) < 4.78 is 10.7. The maximum Gasteiger partial charge on any atom is 0.417 e. The maximum atomic E-state index is 12.0. The standard InChI is InChI=1S/C16H24N2O4/c1-16(2,3)22-15(20)18(14(19)11-17)9-10-21-12-13-7-5-4-6-8-13/h4-8H,9-12,17H2,1-3H3. The second-order valence-corrected chi connectivity index (χ2v) is 5.77. The van der Waals surface area contributed by atoms with Gasteiger partial charge < -0.3 is 15.2 Å². The molecule has 0 spiro atoms. The number of amides is 2. The van der Waals surface area contributed by atoms with E-state index in [4.69, 9.17) is 15.2 Å². The second kappa shape index (κ2) is 8.51. The Kier molecular flexibility index (Phi) is 7.01. The fraction of sp³-hybridized carbons (Fsp3) is 0.500. The number of carbonyl (C=O) groups excluding carboxylic acids is 2. The molecule has 0 bridgehead atoms. The van der Waals surface area contributed by atoms with Gasteiger partial charge in [-0.3, -0.25) is 4.79 Å². The minimum atomic E-state index is -0.703. The SMILES string of the molecule is CC(C)(C)OC(=O)N(CCOCc1ccccc1)C(=O)CN. The van der Waals surface area contributed by atoms with Gasteiger partial charge >= 0.3 is 6.09 Å². The van der Waals surface area contributed by atoms with Crippen LogP contribution < -0.4 is 5.73 Å². The molecule has 6 heteroatoms. The van der Waals surface area contributed by atoms with E-state index in [1.165, 1.54) is 0 Å². The number of hydrogen-bond donors (Lipinski definition) is 1. The zero-order valence-electron chi connectivity index (χ0n) is 13.4. The third-order valence-electron chi connectivity index (χ3n) is 2.66. The van der Waals surface area contributed by atoms with Crippen molar-refractivity contribution >= 4 is 12.0 Å². The molecule has 0 aromatic heterocycles. The summed E-state index contributed by atoms with van der Waals surface area (Å²) in [5.74, 6) is -0.488. The zero-order valence-corrected chi connectivity index (χ0v) is 13.4. The molecule has 0 atom stereocenters. The third kappa shape index (κ3) is 6.69. The van der Waals surface area contributed by atoms with Gasteiger partial charge in [-0.05, 0) is 26.3 Å². The number of nitrogens with two attached hydrogens (primary N) is 1. The minimum Gasteiger partial charge on any atom is -0.443 e. The van der Waals surface area contributed by atoms with Crippen LogP contribution in [0.15, 0.2) is 30.3 Å². The van der Waals surface area contributed by atoms with E-state index < -0.39 is 17.6 Å². The Labute approximate surface area is 131 Å². The molecule has 0 saturated heterocycles. The quantitative estimate of drug-likeness (QED) is 0.812. The third-order valence-corrected chi connectivity index (χ3v) is 2.66. The van der Waals surface area contributed by atoms with Gasteiger partial charge in [-0.15, -0.1) is 0 Å². The highest BCUT2D eigenvalue weighted by Crippen LogP contribution is 2.10. The van der Waals surface area contributed by atoms with Gasteiger partial charge in [0.1, 0.15) is 5.60 Å². The van der Waals surface area contributed by atoms with E-state index in [1.54, 1.807) is 20.8 Å². The van der Waals surface area contributed by atoms with Crippen molar-refractivity contribution in [3.63, 3.8) is 0 Å².